The molecular formula is C34H42N4O7. The Morgan fingerprint density at radius 3 is 2.38 bits per heavy atom. The Labute approximate surface area is 264 Å². The first-order valence-electron chi connectivity index (χ1n) is 15.0. The van der Waals surface area contributed by atoms with Crippen molar-refractivity contribution in [2.75, 3.05) is 45.4 Å². The second kappa shape index (κ2) is 15.9. The molecule has 1 aliphatic rings. The summed E-state index contributed by atoms with van der Waals surface area (Å²) in [5.74, 6) is 0.989. The van der Waals surface area contributed by atoms with Crippen LogP contribution in [0.1, 0.15) is 41.3 Å². The van der Waals surface area contributed by atoms with Gasteiger partial charge in [-0.1, -0.05) is 24.3 Å². The van der Waals surface area contributed by atoms with Crippen LogP contribution in [0.2, 0.25) is 0 Å². The number of rotatable bonds is 17. The number of amides is 2. The minimum atomic E-state index is -0.637. The van der Waals surface area contributed by atoms with E-state index in [0.717, 1.165) is 24.0 Å². The Bertz CT molecular complexity index is 1490. The van der Waals surface area contributed by atoms with Crippen LogP contribution < -0.4 is 35.5 Å². The van der Waals surface area contributed by atoms with Crippen molar-refractivity contribution >= 4 is 29.2 Å². The lowest BCUT2D eigenvalue weighted by atomic mass is 10.0. The Morgan fingerprint density at radius 2 is 1.71 bits per heavy atom. The monoisotopic (exact) mass is 618 g/mol. The molecule has 0 aliphatic heterocycles. The topological polar surface area (TPSA) is 141 Å². The maximum atomic E-state index is 13.5. The summed E-state index contributed by atoms with van der Waals surface area (Å²) in [6, 6.07) is 17.0. The van der Waals surface area contributed by atoms with E-state index in [2.05, 4.69) is 10.6 Å². The van der Waals surface area contributed by atoms with Crippen molar-refractivity contribution in [2.45, 2.75) is 45.2 Å². The van der Waals surface area contributed by atoms with Crippen molar-refractivity contribution in [3.05, 3.63) is 77.4 Å². The number of nitrogens with zero attached hydrogens (tertiary/aromatic N) is 1. The number of hydrogen-bond donors (Lipinski definition) is 3. The quantitative estimate of drug-likeness (QED) is 0.149. The summed E-state index contributed by atoms with van der Waals surface area (Å²) in [6.45, 7) is 5.18. The van der Waals surface area contributed by atoms with Gasteiger partial charge in [0.05, 0.1) is 43.8 Å². The number of benzene rings is 3. The molecule has 1 unspecified atom stereocenters. The summed E-state index contributed by atoms with van der Waals surface area (Å²) in [7, 11) is 3.03. The SMILES string of the molecule is CCOC(=O)c1ccc(OCCNCC(NC2CC2)C(=O)Cc2ccc(N(C(N)=O)c3ccccc3C)c(OC)c2)c(OC)c1. The molecule has 0 heterocycles. The third-order valence-electron chi connectivity index (χ3n) is 7.40. The number of nitrogens with one attached hydrogen (secondary N) is 2. The molecule has 2 amide bonds. The Hall–Kier alpha value is -4.61. The van der Waals surface area contributed by atoms with Crippen LogP contribution >= 0.6 is 0 Å². The van der Waals surface area contributed by atoms with Crippen molar-refractivity contribution in [1.82, 2.24) is 10.6 Å². The molecular weight excluding hydrogens is 576 g/mol. The summed E-state index contributed by atoms with van der Waals surface area (Å²) in [6.07, 6.45) is 2.27. The predicted molar refractivity (Wildman–Crippen MR) is 172 cm³/mol. The Kier molecular flexibility index (Phi) is 11.8. The maximum Gasteiger partial charge on any atom is 0.338 e. The number of nitrogens with two attached hydrogens (primary N) is 1. The highest BCUT2D eigenvalue weighted by Crippen LogP contribution is 2.36. The van der Waals surface area contributed by atoms with Gasteiger partial charge in [0, 0.05) is 25.6 Å². The van der Waals surface area contributed by atoms with Crippen LogP contribution in [0, 0.1) is 6.92 Å². The van der Waals surface area contributed by atoms with Crippen molar-refractivity contribution in [1.29, 1.82) is 0 Å². The summed E-state index contributed by atoms with van der Waals surface area (Å²) in [5, 5.41) is 6.76. The molecule has 45 heavy (non-hydrogen) atoms. The average Bonchev–Trinajstić information content (AvgIpc) is 3.86. The number of para-hydroxylation sites is 1. The Morgan fingerprint density at radius 1 is 0.956 bits per heavy atom. The summed E-state index contributed by atoms with van der Waals surface area (Å²) < 4.78 is 21.9. The smallest absolute Gasteiger partial charge is 0.338 e. The fraction of sp³-hybridized carbons (Fsp3) is 0.382. The van der Waals surface area contributed by atoms with Crippen molar-refractivity contribution in [3.63, 3.8) is 0 Å². The third-order valence-corrected chi connectivity index (χ3v) is 7.40. The highest BCUT2D eigenvalue weighted by Gasteiger charge is 2.28. The number of aryl methyl sites for hydroxylation is 1. The lowest BCUT2D eigenvalue weighted by molar-refractivity contribution is -0.120. The molecule has 4 rings (SSSR count). The second-order valence-electron chi connectivity index (χ2n) is 10.7. The lowest BCUT2D eigenvalue weighted by Gasteiger charge is -2.25. The molecule has 0 aromatic heterocycles. The van der Waals surface area contributed by atoms with Crippen LogP contribution in [0.3, 0.4) is 0 Å². The molecule has 0 radical (unpaired) electrons. The first kappa shape index (κ1) is 33.3. The molecule has 11 nitrogen and oxygen atoms in total. The van der Waals surface area contributed by atoms with E-state index in [4.69, 9.17) is 24.7 Å². The first-order valence-corrected chi connectivity index (χ1v) is 15.0. The number of ether oxygens (including phenoxy) is 4. The summed E-state index contributed by atoms with van der Waals surface area (Å²) >= 11 is 0. The van der Waals surface area contributed by atoms with Gasteiger partial charge in [0.1, 0.15) is 12.4 Å². The van der Waals surface area contributed by atoms with Gasteiger partial charge in [0.25, 0.3) is 0 Å². The van der Waals surface area contributed by atoms with E-state index in [-0.39, 0.29) is 18.8 Å². The summed E-state index contributed by atoms with van der Waals surface area (Å²) in [5.41, 5.74) is 8.96. The number of primary amides is 1. The van der Waals surface area contributed by atoms with Crippen LogP contribution in [-0.4, -0.2) is 70.4 Å². The second-order valence-corrected chi connectivity index (χ2v) is 10.7. The number of Topliss-reactive ketones (excluding diaryl/α,β-unsaturated/α-hetero) is 1. The number of esters is 1. The van der Waals surface area contributed by atoms with E-state index >= 15 is 0 Å². The number of carbonyl (C=O) groups excluding carboxylic acids is 3. The number of urea groups is 1. The predicted octanol–water partition coefficient (Wildman–Crippen LogP) is 4.31. The molecule has 1 fully saturated rings. The van der Waals surface area contributed by atoms with Crippen molar-refractivity contribution in [3.8, 4) is 17.2 Å². The molecule has 4 N–H and O–H groups in total. The van der Waals surface area contributed by atoms with Gasteiger partial charge in [0.15, 0.2) is 17.3 Å². The van der Waals surface area contributed by atoms with Crippen LogP contribution in [0.15, 0.2) is 60.7 Å². The molecule has 3 aromatic carbocycles. The highest BCUT2D eigenvalue weighted by atomic mass is 16.5. The van der Waals surface area contributed by atoms with Crippen LogP contribution in [0.25, 0.3) is 0 Å². The Balaban J connectivity index is 1.36. The van der Waals surface area contributed by atoms with E-state index < -0.39 is 18.0 Å². The van der Waals surface area contributed by atoms with E-state index in [1.165, 1.54) is 19.1 Å². The van der Waals surface area contributed by atoms with Gasteiger partial charge in [-0.05, 0) is 74.2 Å². The largest absolute Gasteiger partial charge is 0.495 e. The molecule has 1 aliphatic carbocycles. The van der Waals surface area contributed by atoms with Gasteiger partial charge in [-0.2, -0.15) is 0 Å². The number of methoxy groups -OCH3 is 2. The number of ketones is 1. The molecule has 1 atom stereocenters. The maximum absolute atomic E-state index is 13.5. The first-order chi connectivity index (χ1) is 21.7. The standard InChI is InChI=1S/C34H42N4O7/c1-5-44-33(40)24-11-15-30(32(20-24)43-4)45-17-16-36-21-26(37-25-12-13-25)29(39)18-23-10-14-28(31(19-23)42-3)38(34(35)41)27-9-7-6-8-22(27)2/h6-11,14-15,19-20,25-26,36-37H,5,12-13,16-18,21H2,1-4H3,(H2,35,41). The molecule has 0 spiro atoms. The number of anilines is 2. The highest BCUT2D eigenvalue weighted by molar-refractivity contribution is 6.00. The molecule has 1 saturated carbocycles. The van der Waals surface area contributed by atoms with E-state index in [1.807, 2.05) is 37.3 Å². The van der Waals surface area contributed by atoms with Crippen molar-refractivity contribution < 1.29 is 33.3 Å². The fourth-order valence-corrected chi connectivity index (χ4v) is 4.93. The van der Waals surface area contributed by atoms with E-state index in [0.29, 0.717) is 59.9 Å². The minimum Gasteiger partial charge on any atom is -0.495 e. The van der Waals surface area contributed by atoms with Gasteiger partial charge in [-0.3, -0.25) is 9.69 Å². The van der Waals surface area contributed by atoms with Crippen LogP contribution in [-0.2, 0) is 16.0 Å². The van der Waals surface area contributed by atoms with Crippen LogP contribution in [0.4, 0.5) is 16.2 Å². The molecule has 0 saturated heterocycles. The van der Waals surface area contributed by atoms with Gasteiger partial charge >= 0.3 is 12.0 Å². The van der Waals surface area contributed by atoms with Gasteiger partial charge in [-0.15, -0.1) is 0 Å². The molecule has 11 heteroatoms. The van der Waals surface area contributed by atoms with Gasteiger partial charge in [0.2, 0.25) is 0 Å². The molecule has 0 bridgehead atoms. The summed E-state index contributed by atoms with van der Waals surface area (Å²) in [4.78, 5) is 39.4. The van der Waals surface area contributed by atoms with E-state index in [9.17, 15) is 14.4 Å². The zero-order valence-corrected chi connectivity index (χ0v) is 26.3. The normalized spacial score (nSPS) is 13.1. The van der Waals surface area contributed by atoms with Crippen molar-refractivity contribution in [2.24, 2.45) is 5.73 Å². The average molecular weight is 619 g/mol. The molecule has 3 aromatic rings. The van der Waals surface area contributed by atoms with Crippen LogP contribution in [0.5, 0.6) is 17.2 Å². The number of carbonyl (C=O) groups is 3. The van der Waals surface area contributed by atoms with Gasteiger partial charge in [-0.25, -0.2) is 9.59 Å². The fourth-order valence-electron chi connectivity index (χ4n) is 4.93. The number of hydrogen-bond acceptors (Lipinski definition) is 9. The lowest BCUT2D eigenvalue weighted by Crippen LogP contribution is -2.46. The van der Waals surface area contributed by atoms with Gasteiger partial charge < -0.3 is 35.3 Å². The third kappa shape index (κ3) is 8.96. The van der Waals surface area contributed by atoms with E-state index in [1.54, 1.807) is 37.3 Å². The minimum absolute atomic E-state index is 0.0343. The molecule has 240 valence electrons. The zero-order chi connectivity index (χ0) is 32.3. The zero-order valence-electron chi connectivity index (χ0n) is 26.3.